The van der Waals surface area contributed by atoms with Crippen molar-refractivity contribution in [3.8, 4) is 6.07 Å². The standard InChI is InChI=1S/C26H31N3O3S2/c1-3-32-25(31)22-15(2)28-24(19(13-27)23(22)20-5-4-6-33-20)34-14-21(30)29-26-10-16-7-17(11-26)9-18(8-16)12-26/h4-6,16-18,23,28H,3,7-12,14H2,1-2H3,(H,29,30)/t16?,17?,18?,23-,26?/m0/s1. The van der Waals surface area contributed by atoms with Gasteiger partial charge < -0.3 is 15.4 Å². The number of carbonyl (C=O) groups excluding carboxylic acids is 2. The number of ether oxygens (including phenoxy) is 1. The molecule has 6 nitrogen and oxygen atoms in total. The lowest BCUT2D eigenvalue weighted by Gasteiger charge is -2.56. The Kier molecular flexibility index (Phi) is 6.51. The van der Waals surface area contributed by atoms with Crippen molar-refractivity contribution in [2.24, 2.45) is 17.8 Å². The first-order valence-electron chi connectivity index (χ1n) is 12.2. The molecule has 1 aromatic rings. The summed E-state index contributed by atoms with van der Waals surface area (Å²) in [6, 6.07) is 6.17. The van der Waals surface area contributed by atoms with Crippen molar-refractivity contribution in [3.63, 3.8) is 0 Å². The van der Waals surface area contributed by atoms with Crippen molar-refractivity contribution >= 4 is 35.0 Å². The maximum absolute atomic E-state index is 13.1. The number of esters is 1. The highest BCUT2D eigenvalue weighted by molar-refractivity contribution is 8.03. The van der Waals surface area contributed by atoms with Crippen LogP contribution in [0.5, 0.6) is 0 Å². The van der Waals surface area contributed by atoms with Gasteiger partial charge in [0.2, 0.25) is 5.91 Å². The third-order valence-corrected chi connectivity index (χ3v) is 9.72. The highest BCUT2D eigenvalue weighted by atomic mass is 32.2. The quantitative estimate of drug-likeness (QED) is 0.525. The molecule has 4 bridgehead atoms. The Labute approximate surface area is 209 Å². The van der Waals surface area contributed by atoms with Crippen molar-refractivity contribution in [1.29, 1.82) is 5.26 Å². The zero-order chi connectivity index (χ0) is 23.9. The summed E-state index contributed by atoms with van der Waals surface area (Å²) in [5.41, 5.74) is 1.57. The van der Waals surface area contributed by atoms with Crippen LogP contribution in [0.15, 0.2) is 39.4 Å². The lowest BCUT2D eigenvalue weighted by molar-refractivity contribution is -0.138. The van der Waals surface area contributed by atoms with E-state index < -0.39 is 11.9 Å². The smallest absolute Gasteiger partial charge is 0.336 e. The Morgan fingerprint density at radius 2 is 1.94 bits per heavy atom. The van der Waals surface area contributed by atoms with Crippen molar-refractivity contribution in [3.05, 3.63) is 44.3 Å². The molecule has 1 aliphatic heterocycles. The molecule has 0 saturated heterocycles. The minimum Gasteiger partial charge on any atom is -0.463 e. The minimum absolute atomic E-state index is 0.0226. The molecule has 0 radical (unpaired) electrons. The van der Waals surface area contributed by atoms with Crippen LogP contribution in [0.3, 0.4) is 0 Å². The van der Waals surface area contributed by atoms with Crippen LogP contribution in [0.4, 0.5) is 0 Å². The van der Waals surface area contributed by atoms with Crippen LogP contribution in [0.2, 0.25) is 0 Å². The third-order valence-electron chi connectivity index (χ3n) is 7.76. The Balaban J connectivity index is 1.33. The maximum atomic E-state index is 13.1. The minimum atomic E-state index is -0.487. The van der Waals surface area contributed by atoms with E-state index in [2.05, 4.69) is 16.7 Å². The molecular weight excluding hydrogens is 466 g/mol. The molecule has 4 fully saturated rings. The summed E-state index contributed by atoms with van der Waals surface area (Å²) in [4.78, 5) is 26.8. The van der Waals surface area contributed by atoms with Gasteiger partial charge in [0.15, 0.2) is 0 Å². The second kappa shape index (κ2) is 9.43. The van der Waals surface area contributed by atoms with Gasteiger partial charge in [-0.25, -0.2) is 4.79 Å². The Morgan fingerprint density at radius 3 is 2.50 bits per heavy atom. The fraction of sp³-hybridized carbons (Fsp3) is 0.577. The van der Waals surface area contributed by atoms with Crippen LogP contribution >= 0.6 is 23.1 Å². The zero-order valence-corrected chi connectivity index (χ0v) is 21.3. The molecule has 4 saturated carbocycles. The predicted molar refractivity (Wildman–Crippen MR) is 134 cm³/mol. The molecule has 1 aromatic heterocycles. The molecule has 1 atom stereocenters. The number of amides is 1. The number of hydrogen-bond donors (Lipinski definition) is 2. The van der Waals surface area contributed by atoms with Crippen LogP contribution in [0, 0.1) is 29.1 Å². The van der Waals surface area contributed by atoms with Gasteiger partial charge in [-0.15, -0.1) is 11.3 Å². The van der Waals surface area contributed by atoms with Gasteiger partial charge >= 0.3 is 5.97 Å². The van der Waals surface area contributed by atoms with Gasteiger partial charge in [-0.3, -0.25) is 4.79 Å². The summed E-state index contributed by atoms with van der Waals surface area (Å²) in [5, 5.41) is 19.3. The summed E-state index contributed by atoms with van der Waals surface area (Å²) in [6.07, 6.45) is 7.36. The van der Waals surface area contributed by atoms with Gasteiger partial charge in [0.25, 0.3) is 0 Å². The topological polar surface area (TPSA) is 91.2 Å². The first kappa shape index (κ1) is 23.5. The lowest BCUT2D eigenvalue weighted by Crippen LogP contribution is -2.60. The SMILES string of the molecule is CCOC(=O)C1=C(C)NC(SCC(=O)NC23CC4CC(CC(C4)C2)C3)=C(C#N)[C@H]1c1cccs1. The number of rotatable bonds is 7. The number of thiophene rings is 1. The summed E-state index contributed by atoms with van der Waals surface area (Å²) in [5.74, 6) is 1.69. The van der Waals surface area contributed by atoms with Gasteiger partial charge in [0.05, 0.1) is 40.5 Å². The fourth-order valence-corrected chi connectivity index (χ4v) is 8.71. The van der Waals surface area contributed by atoms with Gasteiger partial charge in [0.1, 0.15) is 0 Å². The van der Waals surface area contributed by atoms with E-state index in [1.165, 1.54) is 42.4 Å². The van der Waals surface area contributed by atoms with E-state index in [9.17, 15) is 14.9 Å². The number of carbonyl (C=O) groups is 2. The molecule has 5 aliphatic rings. The van der Waals surface area contributed by atoms with E-state index in [4.69, 9.17) is 4.74 Å². The molecule has 0 unspecified atom stereocenters. The van der Waals surface area contributed by atoms with Crippen LogP contribution in [-0.4, -0.2) is 29.8 Å². The summed E-state index contributed by atoms with van der Waals surface area (Å²) >= 11 is 2.86. The number of nitrogens with one attached hydrogen (secondary N) is 2. The third kappa shape index (κ3) is 4.40. The van der Waals surface area contributed by atoms with E-state index >= 15 is 0 Å². The largest absolute Gasteiger partial charge is 0.463 e. The van der Waals surface area contributed by atoms with Gasteiger partial charge in [-0.1, -0.05) is 17.8 Å². The number of dihydropyridines is 1. The predicted octanol–water partition coefficient (Wildman–Crippen LogP) is 4.83. The van der Waals surface area contributed by atoms with Crippen LogP contribution in [0.1, 0.15) is 63.2 Å². The van der Waals surface area contributed by atoms with Gasteiger partial charge in [-0.05, 0) is 81.6 Å². The summed E-state index contributed by atoms with van der Waals surface area (Å²) in [6.45, 7) is 3.87. The molecule has 6 rings (SSSR count). The van der Waals surface area contributed by atoms with E-state index in [0.717, 1.165) is 41.9 Å². The highest BCUT2D eigenvalue weighted by Crippen LogP contribution is 2.55. The molecule has 34 heavy (non-hydrogen) atoms. The molecule has 0 aromatic carbocycles. The molecule has 2 N–H and O–H groups in total. The monoisotopic (exact) mass is 497 g/mol. The molecule has 4 aliphatic carbocycles. The number of thioether (sulfide) groups is 1. The first-order valence-corrected chi connectivity index (χ1v) is 14.0. The fourth-order valence-electron chi connectivity index (χ4n) is 6.98. The van der Waals surface area contributed by atoms with Crippen molar-refractivity contribution in [2.45, 2.75) is 63.8 Å². The van der Waals surface area contributed by atoms with Crippen LogP contribution in [0.25, 0.3) is 0 Å². The van der Waals surface area contributed by atoms with E-state index in [0.29, 0.717) is 21.9 Å². The molecule has 0 spiro atoms. The summed E-state index contributed by atoms with van der Waals surface area (Å²) in [7, 11) is 0. The normalized spacial score (nSPS) is 31.8. The molecule has 2 heterocycles. The van der Waals surface area contributed by atoms with Crippen LogP contribution in [-0.2, 0) is 14.3 Å². The number of nitriles is 1. The van der Waals surface area contributed by atoms with Crippen molar-refractivity contribution in [1.82, 2.24) is 10.6 Å². The van der Waals surface area contributed by atoms with Crippen molar-refractivity contribution < 1.29 is 14.3 Å². The number of allylic oxidation sites excluding steroid dienone is 2. The van der Waals surface area contributed by atoms with Gasteiger partial charge in [-0.2, -0.15) is 5.26 Å². The second-order valence-corrected chi connectivity index (χ2v) is 12.2. The average Bonchev–Trinajstić information content (AvgIpc) is 3.30. The molecule has 8 heteroatoms. The van der Waals surface area contributed by atoms with E-state index in [1.54, 1.807) is 6.92 Å². The number of nitrogens with zero attached hydrogens (tertiary/aromatic N) is 1. The van der Waals surface area contributed by atoms with Crippen molar-refractivity contribution in [2.75, 3.05) is 12.4 Å². The first-order chi connectivity index (χ1) is 16.4. The zero-order valence-electron chi connectivity index (χ0n) is 19.7. The summed E-state index contributed by atoms with van der Waals surface area (Å²) < 4.78 is 5.31. The Morgan fingerprint density at radius 1 is 1.26 bits per heavy atom. The second-order valence-electron chi connectivity index (χ2n) is 10.2. The molecule has 1 amide bonds. The Hall–Kier alpha value is -2.24. The lowest BCUT2D eigenvalue weighted by atomic mass is 9.53. The Bertz CT molecular complexity index is 1050. The molecule has 180 valence electrons. The molecular formula is C26H31N3O3S2. The highest BCUT2D eigenvalue weighted by Gasteiger charge is 2.51. The number of hydrogen-bond acceptors (Lipinski definition) is 7. The maximum Gasteiger partial charge on any atom is 0.336 e. The van der Waals surface area contributed by atoms with E-state index in [1.807, 2.05) is 24.4 Å². The van der Waals surface area contributed by atoms with E-state index in [-0.39, 0.29) is 23.8 Å². The average molecular weight is 498 g/mol. The van der Waals surface area contributed by atoms with Crippen LogP contribution < -0.4 is 10.6 Å². The van der Waals surface area contributed by atoms with Gasteiger partial charge in [0, 0.05) is 16.1 Å².